The third-order valence-electron chi connectivity index (χ3n) is 6.33. The van der Waals surface area contributed by atoms with Crippen LogP contribution in [0.5, 0.6) is 0 Å². The molecule has 3 aromatic carbocycles. The number of aryl methyl sites for hydroxylation is 2. The van der Waals surface area contributed by atoms with Gasteiger partial charge >= 0.3 is 0 Å². The predicted molar refractivity (Wildman–Crippen MR) is 150 cm³/mol. The number of amides is 1. The van der Waals surface area contributed by atoms with Gasteiger partial charge in [-0.15, -0.1) is 0 Å². The lowest BCUT2D eigenvalue weighted by Crippen LogP contribution is -2.34. The second-order valence-electron chi connectivity index (χ2n) is 9.09. The molecule has 192 valence electrons. The molecular weight excluding hydrogens is 500 g/mol. The summed E-state index contributed by atoms with van der Waals surface area (Å²) in [6.45, 7) is 0.137. The minimum absolute atomic E-state index is 0.157. The average Bonchev–Trinajstić information content (AvgIpc) is 3.30. The fourth-order valence-corrected chi connectivity index (χ4v) is 4.52. The highest BCUT2D eigenvalue weighted by molar-refractivity contribution is 6.30. The molecule has 1 amide bonds. The average molecular weight is 527 g/mol. The van der Waals surface area contributed by atoms with Crippen LogP contribution in [0.25, 0.3) is 22.4 Å². The molecule has 0 aliphatic rings. The normalized spacial score (nSPS) is 11.1. The predicted octanol–water partition coefficient (Wildman–Crippen LogP) is 4.51. The number of nitrogens with zero attached hydrogens (tertiary/aromatic N) is 3. The van der Waals surface area contributed by atoms with Gasteiger partial charge in [0.1, 0.15) is 12.4 Å². The molecule has 0 saturated heterocycles. The third kappa shape index (κ3) is 5.92. The maximum atomic E-state index is 13.5. The smallest absolute Gasteiger partial charge is 0.257 e. The van der Waals surface area contributed by atoms with Crippen molar-refractivity contribution in [2.24, 2.45) is 0 Å². The van der Waals surface area contributed by atoms with Gasteiger partial charge in [0.2, 0.25) is 5.91 Å². The summed E-state index contributed by atoms with van der Waals surface area (Å²) >= 11 is 6.06. The summed E-state index contributed by atoms with van der Waals surface area (Å²) < 4.78 is 1.44. The van der Waals surface area contributed by atoms with Gasteiger partial charge in [-0.3, -0.25) is 14.2 Å². The van der Waals surface area contributed by atoms with Crippen LogP contribution < -0.4 is 16.6 Å². The third-order valence-corrected chi connectivity index (χ3v) is 6.58. The van der Waals surface area contributed by atoms with Gasteiger partial charge in [0.05, 0.1) is 11.0 Å². The Hall–Kier alpha value is -4.43. The van der Waals surface area contributed by atoms with Crippen LogP contribution in [-0.4, -0.2) is 25.4 Å². The molecule has 0 unspecified atom stereocenters. The highest BCUT2D eigenvalue weighted by Gasteiger charge is 2.15. The van der Waals surface area contributed by atoms with Crippen molar-refractivity contribution in [2.45, 2.75) is 32.4 Å². The molecule has 8 nitrogen and oxygen atoms in total. The Balaban J connectivity index is 1.34. The number of rotatable bonds is 9. The lowest BCUT2D eigenvalue weighted by Gasteiger charge is -2.14. The Morgan fingerprint density at radius 3 is 2.58 bits per heavy atom. The van der Waals surface area contributed by atoms with Crippen LogP contribution in [0.15, 0.2) is 83.8 Å². The zero-order chi connectivity index (χ0) is 26.5. The van der Waals surface area contributed by atoms with Gasteiger partial charge in [0, 0.05) is 28.9 Å². The molecule has 2 aromatic heterocycles. The number of carbonyl (C=O) groups excluding carboxylic acids is 1. The van der Waals surface area contributed by atoms with Crippen molar-refractivity contribution < 1.29 is 4.79 Å². The molecule has 2 heterocycles. The largest absolute Gasteiger partial charge is 0.369 e. The zero-order valence-electron chi connectivity index (χ0n) is 20.7. The van der Waals surface area contributed by atoms with Crippen LogP contribution in [0.1, 0.15) is 23.1 Å². The van der Waals surface area contributed by atoms with E-state index in [1.807, 2.05) is 36.4 Å². The summed E-state index contributed by atoms with van der Waals surface area (Å²) in [6, 6.07) is 22.8. The first-order valence-electron chi connectivity index (χ1n) is 12.4. The van der Waals surface area contributed by atoms with E-state index in [1.54, 1.807) is 30.5 Å². The Morgan fingerprint density at radius 2 is 1.79 bits per heavy atom. The van der Waals surface area contributed by atoms with Crippen LogP contribution >= 0.6 is 11.6 Å². The summed E-state index contributed by atoms with van der Waals surface area (Å²) in [5.74, 6) is 0.462. The molecule has 5 rings (SSSR count). The molecule has 0 spiro atoms. The molecular formula is C29H27ClN6O2. The molecule has 38 heavy (non-hydrogen) atoms. The number of halogens is 1. The Bertz CT molecular complexity index is 1630. The van der Waals surface area contributed by atoms with Crippen molar-refractivity contribution in [3.63, 3.8) is 0 Å². The summed E-state index contributed by atoms with van der Waals surface area (Å²) in [5.41, 5.74) is 10.4. The number of nitrogens with one attached hydrogen (secondary N) is 2. The highest BCUT2D eigenvalue weighted by Crippen LogP contribution is 2.20. The van der Waals surface area contributed by atoms with E-state index >= 15 is 0 Å². The van der Waals surface area contributed by atoms with Gasteiger partial charge in [-0.25, -0.2) is 9.97 Å². The number of nitrogen functional groups attached to an aromatic ring is 1. The first kappa shape index (κ1) is 25.2. The first-order valence-corrected chi connectivity index (χ1v) is 12.7. The van der Waals surface area contributed by atoms with Crippen molar-refractivity contribution >= 4 is 34.5 Å². The van der Waals surface area contributed by atoms with Gasteiger partial charge in [-0.1, -0.05) is 48.0 Å². The zero-order valence-corrected chi connectivity index (χ0v) is 21.4. The first-order chi connectivity index (χ1) is 18.5. The number of H-pyrrole nitrogens is 1. The summed E-state index contributed by atoms with van der Waals surface area (Å²) in [7, 11) is 0. The topological polar surface area (TPSA) is 119 Å². The quantitative estimate of drug-likeness (QED) is 0.261. The number of nitrogens with two attached hydrogens (primary N) is 1. The van der Waals surface area contributed by atoms with Crippen LogP contribution in [-0.2, 0) is 30.7 Å². The van der Waals surface area contributed by atoms with Gasteiger partial charge in [0.15, 0.2) is 5.95 Å². The van der Waals surface area contributed by atoms with Crippen molar-refractivity contribution in [2.75, 3.05) is 5.73 Å². The van der Waals surface area contributed by atoms with Crippen molar-refractivity contribution in [3.05, 3.63) is 111 Å². The fraction of sp³-hybridized carbons (Fsp3) is 0.172. The number of carbonyl (C=O) groups is 1. The van der Waals surface area contributed by atoms with Gasteiger partial charge < -0.3 is 16.0 Å². The van der Waals surface area contributed by atoms with Gasteiger partial charge in [-0.2, -0.15) is 0 Å². The number of hydrogen-bond acceptors (Lipinski definition) is 5. The summed E-state index contributed by atoms with van der Waals surface area (Å²) in [6.07, 6.45) is 3.84. The minimum atomic E-state index is -0.297. The lowest BCUT2D eigenvalue weighted by molar-refractivity contribution is -0.121. The minimum Gasteiger partial charge on any atom is -0.369 e. The number of aromatic amines is 1. The van der Waals surface area contributed by atoms with E-state index in [4.69, 9.17) is 17.3 Å². The molecule has 0 radical (unpaired) electrons. The van der Waals surface area contributed by atoms with Gasteiger partial charge in [0.25, 0.3) is 5.56 Å². The van der Waals surface area contributed by atoms with E-state index < -0.39 is 0 Å². The van der Waals surface area contributed by atoms with Gasteiger partial charge in [-0.05, 0) is 66.8 Å². The van der Waals surface area contributed by atoms with Crippen molar-refractivity contribution in [1.29, 1.82) is 0 Å². The van der Waals surface area contributed by atoms with Crippen LogP contribution in [0.4, 0.5) is 5.95 Å². The molecule has 5 aromatic rings. The number of hydrogen-bond donors (Lipinski definition) is 3. The molecule has 0 aliphatic carbocycles. The van der Waals surface area contributed by atoms with E-state index in [1.165, 1.54) is 10.1 Å². The van der Waals surface area contributed by atoms with Crippen LogP contribution in [0.3, 0.4) is 0 Å². The summed E-state index contributed by atoms with van der Waals surface area (Å²) in [5, 5.41) is 3.48. The van der Waals surface area contributed by atoms with E-state index in [0.29, 0.717) is 40.9 Å². The van der Waals surface area contributed by atoms with E-state index in [0.717, 1.165) is 29.4 Å². The van der Waals surface area contributed by atoms with E-state index in [9.17, 15) is 9.59 Å². The fourth-order valence-electron chi connectivity index (χ4n) is 4.40. The molecule has 0 bridgehead atoms. The highest BCUT2D eigenvalue weighted by atomic mass is 35.5. The molecule has 9 heteroatoms. The lowest BCUT2D eigenvalue weighted by atomic mass is 10.1. The molecule has 0 saturated carbocycles. The van der Waals surface area contributed by atoms with Crippen molar-refractivity contribution in [3.8, 4) is 11.4 Å². The molecule has 0 aliphatic heterocycles. The number of imidazole rings is 1. The standard InChI is InChI=1S/C29H27ClN6O2/c30-23-12-10-21(11-13-23)27-33-17-22(8-4-7-19-5-2-1-3-6-19)28(38)36(27)18-26(37)32-16-20-9-14-24-25(15-20)35-29(31)34-24/h1-3,5-6,9-15,17H,4,7-8,16,18H2,(H,32,37)(H3,31,34,35). The van der Waals surface area contributed by atoms with E-state index in [-0.39, 0.29) is 18.0 Å². The number of anilines is 1. The van der Waals surface area contributed by atoms with Crippen LogP contribution in [0, 0.1) is 0 Å². The number of benzene rings is 3. The van der Waals surface area contributed by atoms with Crippen molar-refractivity contribution in [1.82, 2.24) is 24.8 Å². The maximum Gasteiger partial charge on any atom is 0.257 e. The Kier molecular flexibility index (Phi) is 7.51. The monoisotopic (exact) mass is 526 g/mol. The van der Waals surface area contributed by atoms with Crippen LogP contribution in [0.2, 0.25) is 5.02 Å². The number of aromatic nitrogens is 4. The molecule has 4 N–H and O–H groups in total. The number of fused-ring (bicyclic) bond motifs is 1. The molecule has 0 atom stereocenters. The second kappa shape index (κ2) is 11.3. The Morgan fingerprint density at radius 1 is 1.00 bits per heavy atom. The van der Waals surface area contributed by atoms with E-state index in [2.05, 4.69) is 32.4 Å². The Labute approximate surface area is 224 Å². The summed E-state index contributed by atoms with van der Waals surface area (Å²) in [4.78, 5) is 38.3. The second-order valence-corrected chi connectivity index (χ2v) is 9.53. The molecule has 0 fully saturated rings. The maximum absolute atomic E-state index is 13.5. The SMILES string of the molecule is Nc1nc2ccc(CNC(=O)Cn3c(-c4ccc(Cl)cc4)ncc(CCCc4ccccc4)c3=O)cc2[nH]1.